The van der Waals surface area contributed by atoms with E-state index < -0.39 is 0 Å². The van der Waals surface area contributed by atoms with Crippen LogP contribution in [-0.4, -0.2) is 4.57 Å². The summed E-state index contributed by atoms with van der Waals surface area (Å²) in [5.74, 6) is 1.35. The summed E-state index contributed by atoms with van der Waals surface area (Å²) in [7, 11) is 0. The topological polar surface area (TPSA) is 8.81 Å². The summed E-state index contributed by atoms with van der Waals surface area (Å²) in [6, 6.07) is 4.63. The number of aryl methyl sites for hydroxylation is 4. The zero-order valence-corrected chi connectivity index (χ0v) is 11.0. The van der Waals surface area contributed by atoms with E-state index in [9.17, 15) is 0 Å². The Labute approximate surface area is 97.5 Å². The maximum Gasteiger partial charge on any atom is 0.254 e. The third-order valence-corrected chi connectivity index (χ3v) is 3.59. The highest BCUT2D eigenvalue weighted by atomic mass is 15.2. The van der Waals surface area contributed by atoms with Crippen LogP contribution in [0.4, 0.5) is 0 Å². The molecule has 16 heavy (non-hydrogen) atoms. The van der Waals surface area contributed by atoms with Crippen LogP contribution in [0.2, 0.25) is 0 Å². The fraction of sp³-hybridized carbons (Fsp3) is 0.500. The van der Waals surface area contributed by atoms with E-state index in [1.165, 1.54) is 28.0 Å². The van der Waals surface area contributed by atoms with E-state index in [4.69, 9.17) is 0 Å². The van der Waals surface area contributed by atoms with Gasteiger partial charge in [-0.25, -0.2) is 9.13 Å². The third-order valence-electron chi connectivity index (χ3n) is 3.59. The molecule has 2 rings (SSSR count). The van der Waals surface area contributed by atoms with Gasteiger partial charge in [0.1, 0.15) is 0 Å². The van der Waals surface area contributed by atoms with Crippen LogP contribution in [-0.2, 0) is 13.1 Å². The van der Waals surface area contributed by atoms with Gasteiger partial charge in [-0.05, 0) is 51.0 Å². The smallest absolute Gasteiger partial charge is 0.228 e. The fourth-order valence-corrected chi connectivity index (χ4v) is 2.51. The molecule has 0 amide bonds. The van der Waals surface area contributed by atoms with Gasteiger partial charge in [-0.3, -0.25) is 0 Å². The van der Waals surface area contributed by atoms with Crippen molar-refractivity contribution in [1.82, 2.24) is 4.57 Å². The van der Waals surface area contributed by atoms with Gasteiger partial charge in [0.15, 0.2) is 11.0 Å². The van der Waals surface area contributed by atoms with E-state index in [1.54, 1.807) is 0 Å². The minimum atomic E-state index is 1.04. The summed E-state index contributed by atoms with van der Waals surface area (Å²) < 4.78 is 4.79. The van der Waals surface area contributed by atoms with Crippen molar-refractivity contribution in [3.63, 3.8) is 0 Å². The molecule has 0 aliphatic heterocycles. The van der Waals surface area contributed by atoms with E-state index >= 15 is 0 Å². The van der Waals surface area contributed by atoms with Gasteiger partial charge in [-0.15, -0.1) is 0 Å². The van der Waals surface area contributed by atoms with Crippen LogP contribution in [0.3, 0.4) is 0 Å². The second-order valence-electron chi connectivity index (χ2n) is 4.46. The Balaban J connectivity index is 2.89. The van der Waals surface area contributed by atoms with Crippen molar-refractivity contribution in [2.45, 2.75) is 47.7 Å². The standard InChI is InChI=1S/C14H21N2/c1-6-15-12(5)16(7-2)14-9-11(4)10(3)8-13(14)15/h8-9H,6-7H2,1-5H3/q+1. The molecule has 0 radical (unpaired) electrons. The summed E-state index contributed by atoms with van der Waals surface area (Å²) in [5.41, 5.74) is 5.49. The van der Waals surface area contributed by atoms with Crippen molar-refractivity contribution in [2.24, 2.45) is 0 Å². The van der Waals surface area contributed by atoms with Crippen molar-refractivity contribution in [2.75, 3.05) is 0 Å². The summed E-state index contributed by atoms with van der Waals surface area (Å²) in [4.78, 5) is 0. The number of hydrogen-bond acceptors (Lipinski definition) is 0. The summed E-state index contributed by atoms with van der Waals surface area (Å²) in [6.45, 7) is 13.1. The number of fused-ring (bicyclic) bond motifs is 1. The number of nitrogens with zero attached hydrogens (tertiary/aromatic N) is 2. The van der Waals surface area contributed by atoms with Crippen molar-refractivity contribution in [3.8, 4) is 0 Å². The molecule has 0 aliphatic carbocycles. The summed E-state index contributed by atoms with van der Waals surface area (Å²) >= 11 is 0. The first kappa shape index (κ1) is 11.2. The van der Waals surface area contributed by atoms with Gasteiger partial charge < -0.3 is 0 Å². The Bertz CT molecular complexity index is 488. The molecular formula is C14H21N2+. The van der Waals surface area contributed by atoms with Gasteiger partial charge in [0.25, 0.3) is 5.82 Å². The van der Waals surface area contributed by atoms with Crippen molar-refractivity contribution in [1.29, 1.82) is 0 Å². The predicted molar refractivity (Wildman–Crippen MR) is 67.7 cm³/mol. The SMILES string of the molecule is CCn1c(C)[n+](CC)c2cc(C)c(C)cc21. The van der Waals surface area contributed by atoms with Gasteiger partial charge in [-0.1, -0.05) is 0 Å². The molecule has 2 aromatic rings. The second kappa shape index (κ2) is 3.93. The number of imidazole rings is 1. The third kappa shape index (κ3) is 1.44. The zero-order chi connectivity index (χ0) is 11.9. The van der Waals surface area contributed by atoms with Crippen LogP contribution < -0.4 is 4.57 Å². The molecule has 0 unspecified atom stereocenters. The molecule has 0 bridgehead atoms. The Hall–Kier alpha value is -1.31. The van der Waals surface area contributed by atoms with Gasteiger partial charge in [0, 0.05) is 6.92 Å². The first-order valence-corrected chi connectivity index (χ1v) is 6.10. The van der Waals surface area contributed by atoms with Crippen LogP contribution in [0.5, 0.6) is 0 Å². The Morgan fingerprint density at radius 1 is 1.06 bits per heavy atom. The second-order valence-corrected chi connectivity index (χ2v) is 4.46. The van der Waals surface area contributed by atoms with E-state index in [0.29, 0.717) is 0 Å². The molecule has 0 saturated heterocycles. The molecule has 2 heteroatoms. The molecule has 2 nitrogen and oxygen atoms in total. The lowest BCUT2D eigenvalue weighted by Gasteiger charge is -1.99. The van der Waals surface area contributed by atoms with E-state index in [0.717, 1.165) is 13.1 Å². The fourth-order valence-electron chi connectivity index (χ4n) is 2.51. The van der Waals surface area contributed by atoms with Crippen LogP contribution in [0.25, 0.3) is 11.0 Å². The van der Waals surface area contributed by atoms with Crippen molar-refractivity contribution in [3.05, 3.63) is 29.1 Å². The Morgan fingerprint density at radius 3 is 2.25 bits per heavy atom. The molecule has 0 saturated carbocycles. The molecule has 0 fully saturated rings. The predicted octanol–water partition coefficient (Wildman–Crippen LogP) is 2.89. The highest BCUT2D eigenvalue weighted by Gasteiger charge is 2.19. The maximum atomic E-state index is 2.39. The molecule has 0 atom stereocenters. The maximum absolute atomic E-state index is 2.39. The van der Waals surface area contributed by atoms with Gasteiger partial charge in [0.05, 0.1) is 13.1 Å². The van der Waals surface area contributed by atoms with Gasteiger partial charge >= 0.3 is 0 Å². The number of rotatable bonds is 2. The molecule has 86 valence electrons. The molecule has 0 aliphatic rings. The van der Waals surface area contributed by atoms with Crippen LogP contribution in [0, 0.1) is 20.8 Å². The van der Waals surface area contributed by atoms with E-state index in [-0.39, 0.29) is 0 Å². The highest BCUT2D eigenvalue weighted by Crippen LogP contribution is 2.19. The minimum Gasteiger partial charge on any atom is -0.228 e. The monoisotopic (exact) mass is 217 g/mol. The Kier molecular flexibility index (Phi) is 2.75. The first-order valence-electron chi connectivity index (χ1n) is 6.10. The van der Waals surface area contributed by atoms with Crippen LogP contribution in [0.1, 0.15) is 30.8 Å². The molecular weight excluding hydrogens is 196 g/mol. The van der Waals surface area contributed by atoms with Crippen LogP contribution in [0.15, 0.2) is 12.1 Å². The average Bonchev–Trinajstić information content (AvgIpc) is 2.50. The number of aromatic nitrogens is 2. The molecule has 0 spiro atoms. The highest BCUT2D eigenvalue weighted by molar-refractivity contribution is 5.74. The van der Waals surface area contributed by atoms with Gasteiger partial charge in [0.2, 0.25) is 0 Å². The summed E-state index contributed by atoms with van der Waals surface area (Å²) in [5, 5.41) is 0. The molecule has 0 N–H and O–H groups in total. The van der Waals surface area contributed by atoms with Gasteiger partial charge in [-0.2, -0.15) is 0 Å². The average molecular weight is 217 g/mol. The normalized spacial score (nSPS) is 11.3. The Morgan fingerprint density at radius 2 is 1.69 bits per heavy atom. The van der Waals surface area contributed by atoms with E-state index in [1.807, 2.05) is 0 Å². The quantitative estimate of drug-likeness (QED) is 0.684. The summed E-state index contributed by atoms with van der Waals surface area (Å²) in [6.07, 6.45) is 0. The molecule has 1 heterocycles. The first-order chi connectivity index (χ1) is 7.60. The number of hydrogen-bond donors (Lipinski definition) is 0. The van der Waals surface area contributed by atoms with Crippen LogP contribution >= 0.6 is 0 Å². The number of benzene rings is 1. The minimum absolute atomic E-state index is 1.04. The van der Waals surface area contributed by atoms with E-state index in [2.05, 4.69) is 55.9 Å². The largest absolute Gasteiger partial charge is 0.254 e. The lowest BCUT2D eigenvalue weighted by Crippen LogP contribution is -2.35. The van der Waals surface area contributed by atoms with Crippen molar-refractivity contribution >= 4 is 11.0 Å². The molecule has 1 aromatic carbocycles. The lowest BCUT2D eigenvalue weighted by atomic mass is 10.1. The lowest BCUT2D eigenvalue weighted by molar-refractivity contribution is -0.674. The molecule has 1 aromatic heterocycles. The van der Waals surface area contributed by atoms with Crippen molar-refractivity contribution < 1.29 is 4.57 Å². The zero-order valence-electron chi connectivity index (χ0n) is 11.0.